The largest absolute Gasteiger partial charge is 0.361 e. The van der Waals surface area contributed by atoms with Crippen molar-refractivity contribution < 1.29 is 0 Å². The van der Waals surface area contributed by atoms with E-state index < -0.39 is 0 Å². The van der Waals surface area contributed by atoms with Crippen molar-refractivity contribution in [3.63, 3.8) is 0 Å². The Hall–Kier alpha value is -0.570. The van der Waals surface area contributed by atoms with Crippen molar-refractivity contribution in [2.75, 3.05) is 14.1 Å². The molecule has 0 aromatic heterocycles. The highest BCUT2D eigenvalue weighted by molar-refractivity contribution is 6.82. The molecule has 0 saturated heterocycles. The predicted molar refractivity (Wildman–Crippen MR) is 35.0 cm³/mol. The van der Waals surface area contributed by atoms with Crippen molar-refractivity contribution in [3.8, 4) is 0 Å². The molecule has 0 heterocycles. The van der Waals surface area contributed by atoms with E-state index in [1.165, 1.54) is 4.90 Å². The van der Waals surface area contributed by atoms with Gasteiger partial charge in [0.25, 0.3) is 0 Å². The Morgan fingerprint density at radius 3 is 1.75 bits per heavy atom. The lowest BCUT2D eigenvalue weighted by Crippen LogP contribution is -2.25. The van der Waals surface area contributed by atoms with Crippen molar-refractivity contribution in [1.29, 1.82) is 10.8 Å². The van der Waals surface area contributed by atoms with Gasteiger partial charge < -0.3 is 4.90 Å². The first-order chi connectivity index (χ1) is 3.55. The fraction of sp³-hybridized carbons (Fsp3) is 0.500. The highest BCUT2D eigenvalue weighted by Gasteiger charge is 2.00. The van der Waals surface area contributed by atoms with Gasteiger partial charge in [-0.2, -0.15) is 0 Å². The Morgan fingerprint density at radius 1 is 1.38 bits per heavy atom. The van der Waals surface area contributed by atoms with Crippen molar-refractivity contribution in [3.05, 3.63) is 0 Å². The predicted octanol–water partition coefficient (Wildman–Crippen LogP) is 0.741. The van der Waals surface area contributed by atoms with Crippen LogP contribution in [0.25, 0.3) is 0 Å². The second kappa shape index (κ2) is 2.67. The zero-order chi connectivity index (χ0) is 6.73. The lowest BCUT2D eigenvalue weighted by atomic mass is 10.6. The first kappa shape index (κ1) is 7.43. The van der Waals surface area contributed by atoms with Crippen LogP contribution < -0.4 is 0 Å². The van der Waals surface area contributed by atoms with E-state index in [1.807, 2.05) is 0 Å². The Kier molecular flexibility index (Phi) is 2.48. The molecular weight excluding hydrogens is 126 g/mol. The van der Waals surface area contributed by atoms with Crippen molar-refractivity contribution in [1.82, 2.24) is 4.90 Å². The molecule has 0 atom stereocenters. The van der Waals surface area contributed by atoms with Gasteiger partial charge in [-0.1, -0.05) is 11.6 Å². The van der Waals surface area contributed by atoms with Crippen molar-refractivity contribution >= 4 is 22.6 Å². The van der Waals surface area contributed by atoms with Gasteiger partial charge >= 0.3 is 0 Å². The van der Waals surface area contributed by atoms with Gasteiger partial charge in [0.1, 0.15) is 0 Å². The molecule has 0 radical (unpaired) electrons. The SMILES string of the molecule is CN(C)C(=N)C(=N)Cl. The monoisotopic (exact) mass is 133 g/mol. The maximum absolute atomic E-state index is 6.97. The van der Waals surface area contributed by atoms with Crippen LogP contribution in [0.2, 0.25) is 0 Å². The van der Waals surface area contributed by atoms with Gasteiger partial charge in [0.05, 0.1) is 0 Å². The molecule has 8 heavy (non-hydrogen) atoms. The molecule has 0 rings (SSSR count). The number of amidine groups is 1. The summed E-state index contributed by atoms with van der Waals surface area (Å²) >= 11 is 5.14. The Labute approximate surface area is 53.3 Å². The maximum Gasteiger partial charge on any atom is 0.163 e. The molecule has 0 aliphatic carbocycles. The van der Waals surface area contributed by atoms with Gasteiger partial charge in [0.15, 0.2) is 11.0 Å². The molecule has 0 aliphatic rings. The van der Waals surface area contributed by atoms with E-state index in [2.05, 4.69) is 0 Å². The minimum atomic E-state index is -0.227. The lowest BCUT2D eigenvalue weighted by Gasteiger charge is -2.09. The molecule has 46 valence electrons. The lowest BCUT2D eigenvalue weighted by molar-refractivity contribution is 0.627. The van der Waals surface area contributed by atoms with E-state index in [9.17, 15) is 0 Å². The number of halogens is 1. The first-order valence-electron chi connectivity index (χ1n) is 2.06. The third-order valence-electron chi connectivity index (χ3n) is 0.655. The van der Waals surface area contributed by atoms with Crippen LogP contribution in [0.1, 0.15) is 0 Å². The molecule has 0 aromatic carbocycles. The summed E-state index contributed by atoms with van der Waals surface area (Å²) in [5, 5.41) is 13.5. The Bertz CT molecular complexity index is 118. The standard InChI is InChI=1S/C4H8ClN3/c1-8(2)4(7)3(5)6/h6-7H,1-2H3. The summed E-state index contributed by atoms with van der Waals surface area (Å²) in [6.45, 7) is 0. The zero-order valence-electron chi connectivity index (χ0n) is 4.83. The fourth-order valence-electron chi connectivity index (χ4n) is 0.196. The topological polar surface area (TPSA) is 50.9 Å². The quantitative estimate of drug-likeness (QED) is 0.402. The summed E-state index contributed by atoms with van der Waals surface area (Å²) in [7, 11) is 3.33. The first-order valence-corrected chi connectivity index (χ1v) is 2.43. The third kappa shape index (κ3) is 1.93. The van der Waals surface area contributed by atoms with Gasteiger partial charge in [-0.3, -0.25) is 10.8 Å². The second-order valence-electron chi connectivity index (χ2n) is 1.56. The van der Waals surface area contributed by atoms with Crippen molar-refractivity contribution in [2.45, 2.75) is 0 Å². The van der Waals surface area contributed by atoms with E-state index in [0.29, 0.717) is 0 Å². The smallest absolute Gasteiger partial charge is 0.163 e. The van der Waals surface area contributed by atoms with E-state index in [0.717, 1.165) is 0 Å². The average molecular weight is 134 g/mol. The number of hydrogen-bond acceptors (Lipinski definition) is 2. The highest BCUT2D eigenvalue weighted by atomic mass is 35.5. The number of hydrogen-bond donors (Lipinski definition) is 2. The number of nitrogens with one attached hydrogen (secondary N) is 2. The molecule has 0 aliphatic heterocycles. The molecular formula is C4H8ClN3. The average Bonchev–Trinajstić information content (AvgIpc) is 1.64. The summed E-state index contributed by atoms with van der Waals surface area (Å²) in [5.41, 5.74) is 0. The molecule has 0 amide bonds. The minimum absolute atomic E-state index is 0.0340. The third-order valence-corrected chi connectivity index (χ3v) is 0.834. The summed E-state index contributed by atoms with van der Waals surface area (Å²) in [6, 6.07) is 0. The summed E-state index contributed by atoms with van der Waals surface area (Å²) in [6.07, 6.45) is 0. The second-order valence-corrected chi connectivity index (χ2v) is 1.93. The van der Waals surface area contributed by atoms with Gasteiger partial charge in [0.2, 0.25) is 0 Å². The summed E-state index contributed by atoms with van der Waals surface area (Å²) in [4.78, 5) is 1.47. The molecule has 0 fully saturated rings. The molecule has 0 aromatic rings. The van der Waals surface area contributed by atoms with Gasteiger partial charge in [-0.05, 0) is 0 Å². The van der Waals surface area contributed by atoms with Crippen LogP contribution >= 0.6 is 11.6 Å². The zero-order valence-corrected chi connectivity index (χ0v) is 5.58. The number of nitrogens with zero attached hydrogens (tertiary/aromatic N) is 1. The normalized spacial score (nSPS) is 8.38. The fourth-order valence-corrected chi connectivity index (χ4v) is 0.365. The van der Waals surface area contributed by atoms with E-state index in [4.69, 9.17) is 22.4 Å². The summed E-state index contributed by atoms with van der Waals surface area (Å²) < 4.78 is 0. The van der Waals surface area contributed by atoms with Gasteiger partial charge in [0, 0.05) is 14.1 Å². The molecule has 3 nitrogen and oxygen atoms in total. The summed E-state index contributed by atoms with van der Waals surface area (Å²) in [5.74, 6) is 0.0340. The van der Waals surface area contributed by atoms with E-state index in [-0.39, 0.29) is 11.0 Å². The molecule has 4 heteroatoms. The van der Waals surface area contributed by atoms with Crippen LogP contribution in [0.5, 0.6) is 0 Å². The maximum atomic E-state index is 6.97. The van der Waals surface area contributed by atoms with Crippen LogP contribution in [0.3, 0.4) is 0 Å². The van der Waals surface area contributed by atoms with Crippen molar-refractivity contribution in [2.24, 2.45) is 0 Å². The van der Waals surface area contributed by atoms with E-state index >= 15 is 0 Å². The molecule has 0 unspecified atom stereocenters. The van der Waals surface area contributed by atoms with Gasteiger partial charge in [-0.25, -0.2) is 0 Å². The minimum Gasteiger partial charge on any atom is -0.361 e. The van der Waals surface area contributed by atoms with Crippen LogP contribution in [0, 0.1) is 10.8 Å². The molecule has 0 bridgehead atoms. The van der Waals surface area contributed by atoms with Crippen LogP contribution in [-0.2, 0) is 0 Å². The molecule has 0 saturated carbocycles. The van der Waals surface area contributed by atoms with E-state index in [1.54, 1.807) is 14.1 Å². The Morgan fingerprint density at radius 2 is 1.75 bits per heavy atom. The molecule has 2 N–H and O–H groups in total. The number of rotatable bonds is 1. The van der Waals surface area contributed by atoms with Crippen LogP contribution in [0.15, 0.2) is 0 Å². The van der Waals surface area contributed by atoms with Crippen LogP contribution in [-0.4, -0.2) is 30.0 Å². The van der Waals surface area contributed by atoms with Crippen LogP contribution in [0.4, 0.5) is 0 Å². The van der Waals surface area contributed by atoms with Gasteiger partial charge in [-0.15, -0.1) is 0 Å². The Balaban J connectivity index is 3.84. The molecule has 0 spiro atoms. The highest BCUT2D eigenvalue weighted by Crippen LogP contribution is 1.86.